The molecule has 1 atom stereocenters. The standard InChI is InChI=1S/C10H25N5/c11-2-7-15(8-3-12)6-1-10-9-13-4-5-14-10/h10,13-14H,1-9,11-12H2. The third-order valence-corrected chi connectivity index (χ3v) is 2.81. The van der Waals surface area contributed by atoms with E-state index in [1.54, 1.807) is 0 Å². The van der Waals surface area contributed by atoms with Crippen molar-refractivity contribution in [3.8, 4) is 0 Å². The van der Waals surface area contributed by atoms with E-state index >= 15 is 0 Å². The van der Waals surface area contributed by atoms with Gasteiger partial charge in [-0.25, -0.2) is 0 Å². The van der Waals surface area contributed by atoms with Crippen molar-refractivity contribution < 1.29 is 0 Å². The van der Waals surface area contributed by atoms with Crippen LogP contribution in [-0.2, 0) is 0 Å². The Balaban J connectivity index is 2.13. The Kier molecular flexibility index (Phi) is 6.87. The Morgan fingerprint density at radius 3 is 2.33 bits per heavy atom. The van der Waals surface area contributed by atoms with Gasteiger partial charge in [0.2, 0.25) is 0 Å². The Morgan fingerprint density at radius 1 is 1.07 bits per heavy atom. The van der Waals surface area contributed by atoms with Crippen molar-refractivity contribution in [3.63, 3.8) is 0 Å². The van der Waals surface area contributed by atoms with E-state index in [-0.39, 0.29) is 0 Å². The maximum absolute atomic E-state index is 5.56. The third kappa shape index (κ3) is 5.44. The lowest BCUT2D eigenvalue weighted by Crippen LogP contribution is -2.49. The van der Waals surface area contributed by atoms with Crippen molar-refractivity contribution in [1.82, 2.24) is 15.5 Å². The fourth-order valence-electron chi connectivity index (χ4n) is 1.96. The highest BCUT2D eigenvalue weighted by molar-refractivity contribution is 4.76. The van der Waals surface area contributed by atoms with Crippen LogP contribution in [0.1, 0.15) is 6.42 Å². The molecule has 1 aliphatic rings. The second kappa shape index (κ2) is 8.01. The molecule has 0 amide bonds. The molecule has 1 fully saturated rings. The molecule has 0 spiro atoms. The predicted molar refractivity (Wildman–Crippen MR) is 63.8 cm³/mol. The summed E-state index contributed by atoms with van der Waals surface area (Å²) in [7, 11) is 0. The molecule has 5 nitrogen and oxygen atoms in total. The van der Waals surface area contributed by atoms with E-state index in [2.05, 4.69) is 15.5 Å². The van der Waals surface area contributed by atoms with E-state index in [1.165, 1.54) is 6.42 Å². The molecule has 0 saturated carbocycles. The van der Waals surface area contributed by atoms with Gasteiger partial charge in [-0.3, -0.25) is 0 Å². The number of nitrogens with two attached hydrogens (primary N) is 2. The average Bonchev–Trinajstić information content (AvgIpc) is 2.28. The fourth-order valence-corrected chi connectivity index (χ4v) is 1.96. The monoisotopic (exact) mass is 215 g/mol. The SMILES string of the molecule is NCCN(CCN)CCC1CNCCN1. The van der Waals surface area contributed by atoms with Crippen LogP contribution in [0.4, 0.5) is 0 Å². The summed E-state index contributed by atoms with van der Waals surface area (Å²) < 4.78 is 0. The smallest absolute Gasteiger partial charge is 0.0205 e. The van der Waals surface area contributed by atoms with E-state index in [0.29, 0.717) is 6.04 Å². The third-order valence-electron chi connectivity index (χ3n) is 2.81. The minimum Gasteiger partial charge on any atom is -0.329 e. The van der Waals surface area contributed by atoms with Gasteiger partial charge in [-0.05, 0) is 13.0 Å². The zero-order valence-corrected chi connectivity index (χ0v) is 9.54. The van der Waals surface area contributed by atoms with Crippen LogP contribution in [0.25, 0.3) is 0 Å². The molecule has 1 aliphatic heterocycles. The Hall–Kier alpha value is -0.200. The van der Waals surface area contributed by atoms with Gasteiger partial charge < -0.3 is 27.0 Å². The molecular formula is C10H25N5. The summed E-state index contributed by atoms with van der Waals surface area (Å²) in [6.45, 7) is 7.69. The van der Waals surface area contributed by atoms with Gasteiger partial charge in [-0.15, -0.1) is 0 Å². The van der Waals surface area contributed by atoms with Crippen LogP contribution in [-0.4, -0.2) is 63.3 Å². The number of nitrogens with one attached hydrogen (secondary N) is 2. The summed E-state index contributed by atoms with van der Waals surface area (Å²) in [6, 6.07) is 0.608. The molecular weight excluding hydrogens is 190 g/mol. The molecule has 15 heavy (non-hydrogen) atoms. The first kappa shape index (κ1) is 12.9. The highest BCUT2D eigenvalue weighted by atomic mass is 15.1. The fraction of sp³-hybridized carbons (Fsp3) is 1.00. The summed E-state index contributed by atoms with van der Waals surface area (Å²) in [5, 5.41) is 6.90. The highest BCUT2D eigenvalue weighted by Gasteiger charge is 2.13. The molecule has 0 radical (unpaired) electrons. The molecule has 1 unspecified atom stereocenters. The van der Waals surface area contributed by atoms with Crippen LogP contribution in [0.2, 0.25) is 0 Å². The van der Waals surface area contributed by atoms with Crippen LogP contribution in [0.15, 0.2) is 0 Å². The first-order valence-electron chi connectivity index (χ1n) is 5.93. The van der Waals surface area contributed by atoms with Gasteiger partial charge >= 0.3 is 0 Å². The second-order valence-corrected chi connectivity index (χ2v) is 4.06. The normalized spacial score (nSPS) is 22.2. The maximum atomic E-state index is 5.56. The number of rotatable bonds is 7. The first-order chi connectivity index (χ1) is 7.36. The molecule has 6 N–H and O–H groups in total. The van der Waals surface area contributed by atoms with Gasteiger partial charge in [0.25, 0.3) is 0 Å². The van der Waals surface area contributed by atoms with Crippen molar-refractivity contribution in [2.75, 3.05) is 52.4 Å². The van der Waals surface area contributed by atoms with Crippen LogP contribution >= 0.6 is 0 Å². The van der Waals surface area contributed by atoms with Gasteiger partial charge in [0.1, 0.15) is 0 Å². The Bertz CT molecular complexity index is 141. The average molecular weight is 215 g/mol. The molecule has 0 aromatic carbocycles. The number of hydrogen-bond donors (Lipinski definition) is 4. The second-order valence-electron chi connectivity index (χ2n) is 4.06. The number of nitrogens with zero attached hydrogens (tertiary/aromatic N) is 1. The molecule has 90 valence electrons. The van der Waals surface area contributed by atoms with E-state index in [0.717, 1.165) is 52.4 Å². The molecule has 1 rings (SSSR count). The number of hydrogen-bond acceptors (Lipinski definition) is 5. The van der Waals surface area contributed by atoms with Crippen LogP contribution in [0.5, 0.6) is 0 Å². The first-order valence-corrected chi connectivity index (χ1v) is 5.93. The quantitative estimate of drug-likeness (QED) is 0.401. The molecule has 0 aromatic rings. The summed E-state index contributed by atoms with van der Waals surface area (Å²) in [6.07, 6.45) is 1.17. The summed E-state index contributed by atoms with van der Waals surface area (Å²) >= 11 is 0. The van der Waals surface area contributed by atoms with Crippen molar-refractivity contribution in [2.24, 2.45) is 11.5 Å². The lowest BCUT2D eigenvalue weighted by molar-refractivity contribution is 0.261. The van der Waals surface area contributed by atoms with E-state index in [1.807, 2.05) is 0 Å². The van der Waals surface area contributed by atoms with Crippen molar-refractivity contribution in [3.05, 3.63) is 0 Å². The van der Waals surface area contributed by atoms with Crippen molar-refractivity contribution in [1.29, 1.82) is 0 Å². The van der Waals surface area contributed by atoms with Gasteiger partial charge in [0.05, 0.1) is 0 Å². The molecule has 1 saturated heterocycles. The predicted octanol–water partition coefficient (Wildman–Crippen LogP) is -1.84. The molecule has 0 bridgehead atoms. The van der Waals surface area contributed by atoms with Gasteiger partial charge in [0.15, 0.2) is 0 Å². The van der Waals surface area contributed by atoms with Gasteiger partial charge in [-0.1, -0.05) is 0 Å². The lowest BCUT2D eigenvalue weighted by atomic mass is 10.1. The largest absolute Gasteiger partial charge is 0.329 e. The van der Waals surface area contributed by atoms with Gasteiger partial charge in [0, 0.05) is 51.9 Å². The van der Waals surface area contributed by atoms with E-state index in [4.69, 9.17) is 11.5 Å². The number of piperazine rings is 1. The zero-order chi connectivity index (χ0) is 10.9. The van der Waals surface area contributed by atoms with Crippen LogP contribution in [0, 0.1) is 0 Å². The lowest BCUT2D eigenvalue weighted by Gasteiger charge is -2.28. The highest BCUT2D eigenvalue weighted by Crippen LogP contribution is 1.97. The van der Waals surface area contributed by atoms with Crippen LogP contribution < -0.4 is 22.1 Å². The Morgan fingerprint density at radius 2 is 1.80 bits per heavy atom. The minimum atomic E-state index is 0.608. The molecule has 0 aliphatic carbocycles. The summed E-state index contributed by atoms with van der Waals surface area (Å²) in [4.78, 5) is 2.34. The molecule has 5 heteroatoms. The maximum Gasteiger partial charge on any atom is 0.0205 e. The van der Waals surface area contributed by atoms with Crippen molar-refractivity contribution in [2.45, 2.75) is 12.5 Å². The van der Waals surface area contributed by atoms with Gasteiger partial charge in [-0.2, -0.15) is 0 Å². The van der Waals surface area contributed by atoms with E-state index < -0.39 is 0 Å². The minimum absolute atomic E-state index is 0.608. The summed E-state index contributed by atoms with van der Waals surface area (Å²) in [5.41, 5.74) is 11.1. The topological polar surface area (TPSA) is 79.3 Å². The summed E-state index contributed by atoms with van der Waals surface area (Å²) in [5.74, 6) is 0. The van der Waals surface area contributed by atoms with Crippen LogP contribution in [0.3, 0.4) is 0 Å². The zero-order valence-electron chi connectivity index (χ0n) is 9.54. The van der Waals surface area contributed by atoms with Crippen molar-refractivity contribution >= 4 is 0 Å². The van der Waals surface area contributed by atoms with E-state index in [9.17, 15) is 0 Å². The molecule has 0 aromatic heterocycles. The Labute approximate surface area is 92.6 Å². The molecule has 1 heterocycles.